The van der Waals surface area contributed by atoms with Gasteiger partial charge in [-0.15, -0.1) is 0 Å². The summed E-state index contributed by atoms with van der Waals surface area (Å²) in [6.45, 7) is 0. The Morgan fingerprint density at radius 2 is 2.25 bits per heavy atom. The van der Waals surface area contributed by atoms with Crippen molar-refractivity contribution < 1.29 is 14.3 Å². The summed E-state index contributed by atoms with van der Waals surface area (Å²) < 4.78 is 13.1. The topological polar surface area (TPSA) is 50.2 Å². The SMILES string of the molecule is O=C(O)c1ncc(F)cc1C1=CCCCC1. The quantitative estimate of drug-likeness (QED) is 0.835. The second kappa shape index (κ2) is 4.43. The van der Waals surface area contributed by atoms with Crippen molar-refractivity contribution in [2.24, 2.45) is 0 Å². The number of carboxylic acid groups (broad SMARTS) is 1. The van der Waals surface area contributed by atoms with Crippen LogP contribution in [-0.4, -0.2) is 16.1 Å². The highest BCUT2D eigenvalue weighted by atomic mass is 19.1. The standard InChI is InChI=1S/C12H12FNO2/c13-9-6-10(8-4-2-1-3-5-8)11(12(15)16)14-7-9/h4,6-7H,1-3,5H2,(H,15,16). The minimum Gasteiger partial charge on any atom is -0.476 e. The van der Waals surface area contributed by atoms with Crippen molar-refractivity contribution in [2.75, 3.05) is 0 Å². The molecule has 3 nitrogen and oxygen atoms in total. The van der Waals surface area contributed by atoms with Crippen LogP contribution in [0.25, 0.3) is 5.57 Å². The van der Waals surface area contributed by atoms with Gasteiger partial charge in [-0.2, -0.15) is 0 Å². The molecule has 0 unspecified atom stereocenters. The lowest BCUT2D eigenvalue weighted by atomic mass is 9.93. The van der Waals surface area contributed by atoms with E-state index in [-0.39, 0.29) is 5.69 Å². The van der Waals surface area contributed by atoms with Gasteiger partial charge < -0.3 is 5.11 Å². The molecule has 4 heteroatoms. The van der Waals surface area contributed by atoms with Gasteiger partial charge in [0.15, 0.2) is 5.69 Å². The summed E-state index contributed by atoms with van der Waals surface area (Å²) in [4.78, 5) is 14.6. The van der Waals surface area contributed by atoms with Gasteiger partial charge in [0.1, 0.15) is 5.82 Å². The molecule has 1 heterocycles. The summed E-state index contributed by atoms with van der Waals surface area (Å²) in [5.74, 6) is -1.60. The first-order chi connectivity index (χ1) is 7.68. The Morgan fingerprint density at radius 1 is 1.44 bits per heavy atom. The maximum atomic E-state index is 13.1. The summed E-state index contributed by atoms with van der Waals surface area (Å²) in [5.41, 5.74) is 1.26. The normalized spacial score (nSPS) is 15.7. The van der Waals surface area contributed by atoms with E-state index in [0.29, 0.717) is 5.56 Å². The van der Waals surface area contributed by atoms with Gasteiger partial charge in [-0.3, -0.25) is 0 Å². The molecule has 0 saturated heterocycles. The highest BCUT2D eigenvalue weighted by molar-refractivity contribution is 5.92. The van der Waals surface area contributed by atoms with E-state index in [0.717, 1.165) is 37.5 Å². The van der Waals surface area contributed by atoms with Gasteiger partial charge in [0.2, 0.25) is 0 Å². The van der Waals surface area contributed by atoms with Crippen molar-refractivity contribution in [1.29, 1.82) is 0 Å². The molecule has 0 spiro atoms. The number of hydrogen-bond donors (Lipinski definition) is 1. The van der Waals surface area contributed by atoms with Crippen molar-refractivity contribution in [3.05, 3.63) is 35.4 Å². The van der Waals surface area contributed by atoms with Gasteiger partial charge >= 0.3 is 5.97 Å². The summed E-state index contributed by atoms with van der Waals surface area (Å²) in [6.07, 6.45) is 6.76. The third kappa shape index (κ3) is 2.10. The van der Waals surface area contributed by atoms with Crippen LogP contribution in [0, 0.1) is 5.82 Å². The number of nitrogens with zero attached hydrogens (tertiary/aromatic N) is 1. The van der Waals surface area contributed by atoms with Crippen molar-refractivity contribution in [1.82, 2.24) is 4.98 Å². The van der Waals surface area contributed by atoms with Crippen LogP contribution in [0.2, 0.25) is 0 Å². The first-order valence-electron chi connectivity index (χ1n) is 5.27. The summed E-state index contributed by atoms with van der Waals surface area (Å²) in [6, 6.07) is 1.26. The number of aromatic nitrogens is 1. The second-order valence-corrected chi connectivity index (χ2v) is 3.83. The van der Waals surface area contributed by atoms with E-state index < -0.39 is 11.8 Å². The fraction of sp³-hybridized carbons (Fsp3) is 0.333. The number of allylic oxidation sites excluding steroid dienone is 2. The molecule has 0 aliphatic heterocycles. The molecule has 1 aromatic heterocycles. The number of aromatic carboxylic acids is 1. The van der Waals surface area contributed by atoms with E-state index in [1.807, 2.05) is 6.08 Å². The molecule has 0 amide bonds. The summed E-state index contributed by atoms with van der Waals surface area (Å²) in [7, 11) is 0. The predicted molar refractivity (Wildman–Crippen MR) is 57.6 cm³/mol. The number of pyridine rings is 1. The Bertz CT molecular complexity index is 454. The molecule has 1 aromatic rings. The van der Waals surface area contributed by atoms with E-state index in [4.69, 9.17) is 5.11 Å². The van der Waals surface area contributed by atoms with Crippen LogP contribution in [0.1, 0.15) is 41.7 Å². The van der Waals surface area contributed by atoms with Gasteiger partial charge in [-0.1, -0.05) is 6.08 Å². The zero-order chi connectivity index (χ0) is 11.5. The minimum atomic E-state index is -1.11. The number of carbonyl (C=O) groups is 1. The van der Waals surface area contributed by atoms with Gasteiger partial charge in [-0.25, -0.2) is 14.2 Å². The molecule has 0 bridgehead atoms. The van der Waals surface area contributed by atoms with Crippen LogP contribution in [0.15, 0.2) is 18.3 Å². The molecular weight excluding hydrogens is 209 g/mol. The van der Waals surface area contributed by atoms with Crippen molar-refractivity contribution in [2.45, 2.75) is 25.7 Å². The molecule has 2 rings (SSSR count). The van der Waals surface area contributed by atoms with Gasteiger partial charge in [0.05, 0.1) is 6.20 Å². The van der Waals surface area contributed by atoms with Gasteiger partial charge in [-0.05, 0) is 37.3 Å². The molecule has 84 valence electrons. The fourth-order valence-corrected chi connectivity index (χ4v) is 1.94. The van der Waals surface area contributed by atoms with Crippen LogP contribution < -0.4 is 0 Å². The first-order valence-corrected chi connectivity index (χ1v) is 5.27. The highest BCUT2D eigenvalue weighted by Gasteiger charge is 2.17. The number of hydrogen-bond acceptors (Lipinski definition) is 2. The Kier molecular flexibility index (Phi) is 2.99. The largest absolute Gasteiger partial charge is 0.476 e. The molecule has 1 aliphatic rings. The van der Waals surface area contributed by atoms with Gasteiger partial charge in [0.25, 0.3) is 0 Å². The zero-order valence-electron chi connectivity index (χ0n) is 8.74. The van der Waals surface area contributed by atoms with Gasteiger partial charge in [0, 0.05) is 5.56 Å². The smallest absolute Gasteiger partial charge is 0.355 e. The molecular formula is C12H12FNO2. The molecule has 16 heavy (non-hydrogen) atoms. The van der Waals surface area contributed by atoms with E-state index in [1.54, 1.807) is 0 Å². The van der Waals surface area contributed by atoms with Crippen LogP contribution in [0.4, 0.5) is 4.39 Å². The Balaban J connectivity index is 2.48. The monoisotopic (exact) mass is 221 g/mol. The molecule has 0 aromatic carbocycles. The van der Waals surface area contributed by atoms with E-state index in [1.165, 1.54) is 6.07 Å². The Labute approximate surface area is 92.6 Å². The molecule has 0 saturated carbocycles. The molecule has 0 fully saturated rings. The Morgan fingerprint density at radius 3 is 2.88 bits per heavy atom. The predicted octanol–water partition coefficient (Wildman–Crippen LogP) is 2.88. The third-order valence-corrected chi connectivity index (χ3v) is 2.69. The third-order valence-electron chi connectivity index (χ3n) is 2.69. The van der Waals surface area contributed by atoms with Crippen molar-refractivity contribution in [3.8, 4) is 0 Å². The molecule has 1 N–H and O–H groups in total. The lowest BCUT2D eigenvalue weighted by Crippen LogP contribution is -2.07. The fourth-order valence-electron chi connectivity index (χ4n) is 1.94. The molecule has 1 aliphatic carbocycles. The lowest BCUT2D eigenvalue weighted by molar-refractivity contribution is 0.0690. The van der Waals surface area contributed by atoms with Crippen LogP contribution in [-0.2, 0) is 0 Å². The van der Waals surface area contributed by atoms with Crippen molar-refractivity contribution >= 4 is 11.5 Å². The van der Waals surface area contributed by atoms with E-state index in [9.17, 15) is 9.18 Å². The number of halogens is 1. The highest BCUT2D eigenvalue weighted by Crippen LogP contribution is 2.28. The maximum absolute atomic E-state index is 13.1. The average molecular weight is 221 g/mol. The van der Waals surface area contributed by atoms with E-state index in [2.05, 4.69) is 4.98 Å². The van der Waals surface area contributed by atoms with E-state index >= 15 is 0 Å². The average Bonchev–Trinajstić information content (AvgIpc) is 2.29. The zero-order valence-corrected chi connectivity index (χ0v) is 8.74. The van der Waals surface area contributed by atoms with Crippen LogP contribution in [0.5, 0.6) is 0 Å². The number of carboxylic acids is 1. The molecule has 0 atom stereocenters. The second-order valence-electron chi connectivity index (χ2n) is 3.83. The Hall–Kier alpha value is -1.71. The van der Waals surface area contributed by atoms with Crippen LogP contribution in [0.3, 0.4) is 0 Å². The first kappa shape index (κ1) is 10.8. The van der Waals surface area contributed by atoms with Crippen molar-refractivity contribution in [3.63, 3.8) is 0 Å². The summed E-state index contributed by atoms with van der Waals surface area (Å²) in [5, 5.41) is 8.98. The lowest BCUT2D eigenvalue weighted by Gasteiger charge is -2.14. The maximum Gasteiger partial charge on any atom is 0.355 e. The summed E-state index contributed by atoms with van der Waals surface area (Å²) >= 11 is 0. The molecule has 0 radical (unpaired) electrons. The van der Waals surface area contributed by atoms with Crippen LogP contribution >= 0.6 is 0 Å². The number of rotatable bonds is 2. The minimum absolute atomic E-state index is 0.0606.